The summed E-state index contributed by atoms with van der Waals surface area (Å²) in [5.41, 5.74) is 2.99. The zero-order valence-electron chi connectivity index (χ0n) is 17.4. The number of carbonyl (C=O) groups excluding carboxylic acids is 1. The van der Waals surface area contributed by atoms with Crippen LogP contribution in [0.2, 0.25) is 0 Å². The first kappa shape index (κ1) is 24.9. The van der Waals surface area contributed by atoms with Crippen LogP contribution >= 0.6 is 24.0 Å². The molecule has 158 valence electrons. The van der Waals surface area contributed by atoms with E-state index in [2.05, 4.69) is 27.8 Å². The van der Waals surface area contributed by atoms with Gasteiger partial charge in [0.1, 0.15) is 0 Å². The molecule has 0 aromatic heterocycles. The van der Waals surface area contributed by atoms with Crippen molar-refractivity contribution in [3.8, 4) is 0 Å². The standard InChI is InChI=1S/C22H30N4O2.HI/c1-23-22(25-14-15-28-17-19-8-5-4-6-9-19)24-13-12-18-10-7-11-20(16-18)21(27)26(2)3;/h4-11,16H,12-15,17H2,1-3H3,(H2,23,24,25);1H. The number of amides is 1. The van der Waals surface area contributed by atoms with E-state index in [9.17, 15) is 4.79 Å². The Bertz CT molecular complexity index is 766. The molecule has 0 aliphatic rings. The molecule has 0 radical (unpaired) electrons. The van der Waals surface area contributed by atoms with Gasteiger partial charge in [-0.05, 0) is 29.7 Å². The Hall–Kier alpha value is -2.13. The molecular formula is C22H31IN4O2. The Morgan fingerprint density at radius 3 is 2.38 bits per heavy atom. The first-order chi connectivity index (χ1) is 13.6. The van der Waals surface area contributed by atoms with Gasteiger partial charge in [0.25, 0.3) is 5.91 Å². The Balaban J connectivity index is 0.00000420. The molecule has 0 saturated heterocycles. The molecule has 2 rings (SSSR count). The number of guanidine groups is 1. The van der Waals surface area contributed by atoms with E-state index in [1.807, 2.05) is 42.5 Å². The number of halogens is 1. The molecule has 0 saturated carbocycles. The van der Waals surface area contributed by atoms with E-state index >= 15 is 0 Å². The summed E-state index contributed by atoms with van der Waals surface area (Å²) in [7, 11) is 5.27. The van der Waals surface area contributed by atoms with Gasteiger partial charge in [-0.25, -0.2) is 0 Å². The molecule has 0 heterocycles. The van der Waals surface area contributed by atoms with Gasteiger partial charge >= 0.3 is 0 Å². The summed E-state index contributed by atoms with van der Waals surface area (Å²) < 4.78 is 5.66. The van der Waals surface area contributed by atoms with Gasteiger partial charge in [0.2, 0.25) is 0 Å². The van der Waals surface area contributed by atoms with Crippen molar-refractivity contribution in [1.82, 2.24) is 15.5 Å². The molecule has 0 bridgehead atoms. The minimum atomic E-state index is 0. The number of aliphatic imine (C=N–C) groups is 1. The first-order valence-electron chi connectivity index (χ1n) is 9.47. The minimum Gasteiger partial charge on any atom is -0.375 e. The maximum absolute atomic E-state index is 12.1. The Kier molecular flexibility index (Phi) is 12.0. The van der Waals surface area contributed by atoms with E-state index in [4.69, 9.17) is 4.74 Å². The topological polar surface area (TPSA) is 66.0 Å². The fourth-order valence-electron chi connectivity index (χ4n) is 2.67. The summed E-state index contributed by atoms with van der Waals surface area (Å²) in [4.78, 5) is 17.9. The van der Waals surface area contributed by atoms with Crippen molar-refractivity contribution in [2.75, 3.05) is 40.8 Å². The maximum atomic E-state index is 12.1. The summed E-state index contributed by atoms with van der Waals surface area (Å²) in [5.74, 6) is 0.756. The van der Waals surface area contributed by atoms with E-state index in [0.29, 0.717) is 25.3 Å². The molecule has 0 aliphatic carbocycles. The Morgan fingerprint density at radius 1 is 1.00 bits per heavy atom. The van der Waals surface area contributed by atoms with Crippen molar-refractivity contribution in [2.45, 2.75) is 13.0 Å². The Labute approximate surface area is 190 Å². The highest BCUT2D eigenvalue weighted by molar-refractivity contribution is 14.0. The lowest BCUT2D eigenvalue weighted by molar-refractivity contribution is 0.0827. The normalized spacial score (nSPS) is 10.8. The summed E-state index contributed by atoms with van der Waals surface area (Å²) in [6.07, 6.45) is 0.805. The highest BCUT2D eigenvalue weighted by Crippen LogP contribution is 2.07. The molecular weight excluding hydrogens is 479 g/mol. The van der Waals surface area contributed by atoms with Crippen LogP contribution in [-0.2, 0) is 17.8 Å². The van der Waals surface area contributed by atoms with Gasteiger partial charge in [0.15, 0.2) is 5.96 Å². The summed E-state index contributed by atoms with van der Waals surface area (Å²) in [6.45, 7) is 2.62. The molecule has 6 nitrogen and oxygen atoms in total. The second-order valence-electron chi connectivity index (χ2n) is 6.61. The largest absolute Gasteiger partial charge is 0.375 e. The smallest absolute Gasteiger partial charge is 0.253 e. The number of nitrogens with zero attached hydrogens (tertiary/aromatic N) is 2. The third-order valence-electron chi connectivity index (χ3n) is 4.16. The molecule has 0 unspecified atom stereocenters. The van der Waals surface area contributed by atoms with Crippen LogP contribution in [0, 0.1) is 0 Å². The van der Waals surface area contributed by atoms with Crippen LogP contribution in [0.3, 0.4) is 0 Å². The van der Waals surface area contributed by atoms with Crippen LogP contribution in [0.1, 0.15) is 21.5 Å². The quantitative estimate of drug-likeness (QED) is 0.236. The number of nitrogens with one attached hydrogen (secondary N) is 2. The number of hydrogen-bond donors (Lipinski definition) is 2. The number of benzene rings is 2. The van der Waals surface area contributed by atoms with E-state index in [0.717, 1.165) is 24.5 Å². The van der Waals surface area contributed by atoms with Crippen LogP contribution in [0.25, 0.3) is 0 Å². The van der Waals surface area contributed by atoms with Crippen molar-refractivity contribution < 1.29 is 9.53 Å². The van der Waals surface area contributed by atoms with E-state index in [1.165, 1.54) is 5.56 Å². The van der Waals surface area contributed by atoms with Gasteiger partial charge in [-0.3, -0.25) is 9.79 Å². The number of rotatable bonds is 9. The van der Waals surface area contributed by atoms with E-state index in [1.54, 1.807) is 26.0 Å². The van der Waals surface area contributed by atoms with Crippen LogP contribution < -0.4 is 10.6 Å². The molecule has 0 aliphatic heterocycles. The van der Waals surface area contributed by atoms with Gasteiger partial charge in [-0.1, -0.05) is 42.5 Å². The van der Waals surface area contributed by atoms with Gasteiger partial charge in [-0.15, -0.1) is 24.0 Å². The van der Waals surface area contributed by atoms with E-state index < -0.39 is 0 Å². The van der Waals surface area contributed by atoms with Crippen LogP contribution in [-0.4, -0.2) is 57.6 Å². The predicted octanol–water partition coefficient (Wildman–Crippen LogP) is 2.93. The zero-order valence-corrected chi connectivity index (χ0v) is 19.7. The molecule has 0 spiro atoms. The molecule has 0 fully saturated rings. The molecule has 29 heavy (non-hydrogen) atoms. The molecule has 2 aromatic carbocycles. The molecule has 2 N–H and O–H groups in total. The van der Waals surface area contributed by atoms with Crippen molar-refractivity contribution in [2.24, 2.45) is 4.99 Å². The lowest BCUT2D eigenvalue weighted by Gasteiger charge is -2.13. The number of hydrogen-bond acceptors (Lipinski definition) is 3. The van der Waals surface area contributed by atoms with E-state index in [-0.39, 0.29) is 29.9 Å². The van der Waals surface area contributed by atoms with Crippen LogP contribution in [0.5, 0.6) is 0 Å². The summed E-state index contributed by atoms with van der Waals surface area (Å²) in [5, 5.41) is 6.53. The SMILES string of the molecule is CN=C(NCCOCc1ccccc1)NCCc1cccc(C(=O)N(C)C)c1.I. The third-order valence-corrected chi connectivity index (χ3v) is 4.16. The fraction of sp³-hybridized carbons (Fsp3) is 0.364. The van der Waals surface area contributed by atoms with Crippen molar-refractivity contribution in [1.29, 1.82) is 0 Å². The lowest BCUT2D eigenvalue weighted by Crippen LogP contribution is -2.39. The number of carbonyl (C=O) groups is 1. The molecule has 1 amide bonds. The van der Waals surface area contributed by atoms with Crippen molar-refractivity contribution in [3.05, 3.63) is 71.3 Å². The monoisotopic (exact) mass is 510 g/mol. The third kappa shape index (κ3) is 9.27. The molecule has 0 atom stereocenters. The highest BCUT2D eigenvalue weighted by Gasteiger charge is 2.08. The fourth-order valence-corrected chi connectivity index (χ4v) is 2.67. The van der Waals surface area contributed by atoms with Crippen LogP contribution in [0.4, 0.5) is 0 Å². The average molecular weight is 510 g/mol. The minimum absolute atomic E-state index is 0. The summed E-state index contributed by atoms with van der Waals surface area (Å²) >= 11 is 0. The molecule has 7 heteroatoms. The van der Waals surface area contributed by atoms with Gasteiger partial charge in [-0.2, -0.15) is 0 Å². The van der Waals surface area contributed by atoms with Gasteiger partial charge < -0.3 is 20.3 Å². The number of ether oxygens (including phenoxy) is 1. The van der Waals surface area contributed by atoms with Crippen molar-refractivity contribution >= 4 is 35.8 Å². The highest BCUT2D eigenvalue weighted by atomic mass is 127. The van der Waals surface area contributed by atoms with Crippen LogP contribution in [0.15, 0.2) is 59.6 Å². The maximum Gasteiger partial charge on any atom is 0.253 e. The van der Waals surface area contributed by atoms with Gasteiger partial charge in [0.05, 0.1) is 13.2 Å². The summed E-state index contributed by atoms with van der Waals surface area (Å²) in [6, 6.07) is 17.8. The predicted molar refractivity (Wildman–Crippen MR) is 129 cm³/mol. The molecule has 2 aromatic rings. The second-order valence-corrected chi connectivity index (χ2v) is 6.61. The second kappa shape index (κ2) is 13.9. The first-order valence-corrected chi connectivity index (χ1v) is 9.47. The Morgan fingerprint density at radius 2 is 1.69 bits per heavy atom. The lowest BCUT2D eigenvalue weighted by atomic mass is 10.1. The van der Waals surface area contributed by atoms with Crippen molar-refractivity contribution in [3.63, 3.8) is 0 Å². The average Bonchev–Trinajstić information content (AvgIpc) is 2.72. The van der Waals surface area contributed by atoms with Gasteiger partial charge in [0, 0.05) is 39.8 Å². The zero-order chi connectivity index (χ0) is 20.2.